The molecule has 0 aliphatic rings. The number of fused-ring (bicyclic) bond motifs is 1. The number of benzene rings is 1. The topological polar surface area (TPSA) is 83.3 Å². The van der Waals surface area contributed by atoms with E-state index in [1.54, 1.807) is 0 Å². The molecular formula is C8H9N3O. The molecule has 2 aromatic rings. The maximum Gasteiger partial charge on any atom is 0.134 e. The Balaban J connectivity index is 0.000000720. The SMILES string of the molecule is Nc1ncnc2ccccc12.O. The van der Waals surface area contributed by atoms with Gasteiger partial charge in [-0.2, -0.15) is 0 Å². The summed E-state index contributed by atoms with van der Waals surface area (Å²) >= 11 is 0. The lowest BCUT2D eigenvalue weighted by atomic mass is 10.2. The van der Waals surface area contributed by atoms with E-state index in [2.05, 4.69) is 9.97 Å². The van der Waals surface area contributed by atoms with Gasteiger partial charge >= 0.3 is 0 Å². The molecule has 0 bridgehead atoms. The molecule has 1 aromatic carbocycles. The molecule has 2 rings (SSSR count). The van der Waals surface area contributed by atoms with E-state index in [0.29, 0.717) is 5.82 Å². The van der Waals surface area contributed by atoms with Crippen molar-refractivity contribution in [1.29, 1.82) is 0 Å². The monoisotopic (exact) mass is 163 g/mol. The maximum absolute atomic E-state index is 5.61. The lowest BCUT2D eigenvalue weighted by molar-refractivity contribution is 0.824. The Hall–Kier alpha value is -1.68. The van der Waals surface area contributed by atoms with Crippen LogP contribution in [0.4, 0.5) is 5.82 Å². The predicted octanol–water partition coefficient (Wildman–Crippen LogP) is 0.387. The Labute approximate surface area is 69.4 Å². The number of aromatic nitrogens is 2. The third-order valence-corrected chi connectivity index (χ3v) is 1.57. The first-order valence-corrected chi connectivity index (χ1v) is 3.33. The summed E-state index contributed by atoms with van der Waals surface area (Å²) in [5.74, 6) is 0.538. The van der Waals surface area contributed by atoms with Crippen molar-refractivity contribution in [2.45, 2.75) is 0 Å². The molecule has 1 aromatic heterocycles. The van der Waals surface area contributed by atoms with Crippen molar-refractivity contribution in [3.63, 3.8) is 0 Å². The molecule has 4 N–H and O–H groups in total. The fourth-order valence-electron chi connectivity index (χ4n) is 1.03. The van der Waals surface area contributed by atoms with Gasteiger partial charge in [0.15, 0.2) is 0 Å². The summed E-state index contributed by atoms with van der Waals surface area (Å²) in [5.41, 5.74) is 6.49. The van der Waals surface area contributed by atoms with Gasteiger partial charge in [-0.3, -0.25) is 0 Å². The van der Waals surface area contributed by atoms with Crippen LogP contribution in [-0.2, 0) is 0 Å². The van der Waals surface area contributed by atoms with Crippen LogP contribution < -0.4 is 5.73 Å². The Morgan fingerprint density at radius 2 is 1.83 bits per heavy atom. The minimum atomic E-state index is 0. The first-order chi connectivity index (χ1) is 5.38. The van der Waals surface area contributed by atoms with Crippen molar-refractivity contribution in [3.05, 3.63) is 30.6 Å². The third kappa shape index (κ3) is 1.19. The van der Waals surface area contributed by atoms with E-state index in [1.807, 2.05) is 24.3 Å². The normalized spacial score (nSPS) is 9.33. The molecule has 4 nitrogen and oxygen atoms in total. The summed E-state index contributed by atoms with van der Waals surface area (Å²) in [7, 11) is 0. The molecule has 0 atom stereocenters. The van der Waals surface area contributed by atoms with E-state index in [4.69, 9.17) is 5.73 Å². The Morgan fingerprint density at radius 3 is 2.58 bits per heavy atom. The molecule has 0 amide bonds. The third-order valence-electron chi connectivity index (χ3n) is 1.57. The zero-order valence-electron chi connectivity index (χ0n) is 6.36. The molecule has 4 heteroatoms. The largest absolute Gasteiger partial charge is 0.412 e. The summed E-state index contributed by atoms with van der Waals surface area (Å²) in [6.07, 6.45) is 1.47. The summed E-state index contributed by atoms with van der Waals surface area (Å²) in [6, 6.07) is 7.66. The van der Waals surface area contributed by atoms with Crippen LogP contribution in [0, 0.1) is 0 Å². The fraction of sp³-hybridized carbons (Fsp3) is 0. The zero-order valence-corrected chi connectivity index (χ0v) is 6.36. The maximum atomic E-state index is 5.61. The minimum Gasteiger partial charge on any atom is -0.412 e. The van der Waals surface area contributed by atoms with Gasteiger partial charge in [0.1, 0.15) is 12.1 Å². The highest BCUT2D eigenvalue weighted by Crippen LogP contribution is 2.14. The summed E-state index contributed by atoms with van der Waals surface area (Å²) < 4.78 is 0. The van der Waals surface area contributed by atoms with Gasteiger partial charge in [-0.1, -0.05) is 12.1 Å². The summed E-state index contributed by atoms with van der Waals surface area (Å²) in [4.78, 5) is 7.92. The number of nitrogens with zero attached hydrogens (tertiary/aromatic N) is 2. The van der Waals surface area contributed by atoms with E-state index in [9.17, 15) is 0 Å². The molecule has 0 saturated heterocycles. The second-order valence-corrected chi connectivity index (χ2v) is 2.28. The fourth-order valence-corrected chi connectivity index (χ4v) is 1.03. The van der Waals surface area contributed by atoms with Crippen LogP contribution in [-0.4, -0.2) is 15.4 Å². The first kappa shape index (κ1) is 8.42. The zero-order chi connectivity index (χ0) is 7.68. The summed E-state index contributed by atoms with van der Waals surface area (Å²) in [6.45, 7) is 0. The molecule has 0 radical (unpaired) electrons. The Kier molecular flexibility index (Phi) is 2.21. The van der Waals surface area contributed by atoms with Gasteiger partial charge in [-0.15, -0.1) is 0 Å². The lowest BCUT2D eigenvalue weighted by Crippen LogP contribution is -1.91. The molecule has 0 unspecified atom stereocenters. The minimum absolute atomic E-state index is 0. The highest BCUT2D eigenvalue weighted by molar-refractivity contribution is 5.87. The smallest absolute Gasteiger partial charge is 0.134 e. The van der Waals surface area contributed by atoms with Crippen LogP contribution in [0.3, 0.4) is 0 Å². The van der Waals surface area contributed by atoms with Crippen molar-refractivity contribution < 1.29 is 5.48 Å². The van der Waals surface area contributed by atoms with Gasteiger partial charge in [0, 0.05) is 5.39 Å². The van der Waals surface area contributed by atoms with Crippen molar-refractivity contribution >= 4 is 16.7 Å². The van der Waals surface area contributed by atoms with Crippen molar-refractivity contribution in [2.75, 3.05) is 5.73 Å². The highest BCUT2D eigenvalue weighted by atomic mass is 16.0. The average molecular weight is 163 g/mol. The predicted molar refractivity (Wildman–Crippen MR) is 47.6 cm³/mol. The molecular weight excluding hydrogens is 154 g/mol. The first-order valence-electron chi connectivity index (χ1n) is 3.33. The molecule has 0 aliphatic heterocycles. The molecule has 0 saturated carbocycles. The van der Waals surface area contributed by atoms with Gasteiger partial charge < -0.3 is 11.2 Å². The van der Waals surface area contributed by atoms with E-state index in [0.717, 1.165) is 10.9 Å². The van der Waals surface area contributed by atoms with E-state index in [1.165, 1.54) is 6.33 Å². The number of rotatable bonds is 0. The number of para-hydroxylation sites is 1. The Bertz CT molecular complexity index is 383. The number of hydrogen-bond donors (Lipinski definition) is 1. The van der Waals surface area contributed by atoms with Crippen molar-refractivity contribution in [3.8, 4) is 0 Å². The number of nitrogen functional groups attached to an aromatic ring is 1. The average Bonchev–Trinajstić information content (AvgIpc) is 2.06. The van der Waals surface area contributed by atoms with E-state index in [-0.39, 0.29) is 5.48 Å². The van der Waals surface area contributed by atoms with Gasteiger partial charge in [-0.05, 0) is 12.1 Å². The molecule has 0 fully saturated rings. The van der Waals surface area contributed by atoms with Gasteiger partial charge in [0.05, 0.1) is 5.52 Å². The van der Waals surface area contributed by atoms with Crippen LogP contribution in [0.25, 0.3) is 10.9 Å². The molecule has 0 aliphatic carbocycles. The summed E-state index contributed by atoms with van der Waals surface area (Å²) in [5, 5.41) is 0.912. The second-order valence-electron chi connectivity index (χ2n) is 2.28. The van der Waals surface area contributed by atoms with E-state index < -0.39 is 0 Å². The van der Waals surface area contributed by atoms with Gasteiger partial charge in [-0.25, -0.2) is 9.97 Å². The van der Waals surface area contributed by atoms with E-state index >= 15 is 0 Å². The molecule has 62 valence electrons. The van der Waals surface area contributed by atoms with Crippen LogP contribution in [0.1, 0.15) is 0 Å². The number of hydrogen-bond acceptors (Lipinski definition) is 3. The Morgan fingerprint density at radius 1 is 1.08 bits per heavy atom. The highest BCUT2D eigenvalue weighted by Gasteiger charge is 1.95. The van der Waals surface area contributed by atoms with Gasteiger partial charge in [0.25, 0.3) is 0 Å². The standard InChI is InChI=1S/C8H7N3.H2O/c9-8-6-3-1-2-4-7(6)10-5-11-8;/h1-5H,(H2,9,10,11);1H2. The van der Waals surface area contributed by atoms with Gasteiger partial charge in [0.2, 0.25) is 0 Å². The second kappa shape index (κ2) is 3.15. The van der Waals surface area contributed by atoms with Crippen LogP contribution in [0.2, 0.25) is 0 Å². The van der Waals surface area contributed by atoms with Crippen LogP contribution in [0.15, 0.2) is 30.6 Å². The van der Waals surface area contributed by atoms with Crippen molar-refractivity contribution in [2.24, 2.45) is 0 Å². The quantitative estimate of drug-likeness (QED) is 0.609. The van der Waals surface area contributed by atoms with Crippen LogP contribution in [0.5, 0.6) is 0 Å². The van der Waals surface area contributed by atoms with Crippen molar-refractivity contribution in [1.82, 2.24) is 9.97 Å². The number of anilines is 1. The molecule has 0 spiro atoms. The number of nitrogens with two attached hydrogens (primary N) is 1. The molecule has 12 heavy (non-hydrogen) atoms. The molecule has 1 heterocycles. The lowest BCUT2D eigenvalue weighted by Gasteiger charge is -1.96. The van der Waals surface area contributed by atoms with Crippen LogP contribution >= 0.6 is 0 Å².